The molecule has 1 aliphatic rings. The summed E-state index contributed by atoms with van der Waals surface area (Å²) in [4.78, 5) is 28.3. The topological polar surface area (TPSA) is 67.7 Å². The third-order valence-corrected chi connectivity index (χ3v) is 4.22. The number of aryl methyl sites for hydroxylation is 1. The van der Waals surface area contributed by atoms with E-state index in [0.29, 0.717) is 29.8 Å². The van der Waals surface area contributed by atoms with Crippen LogP contribution in [0.3, 0.4) is 0 Å². The molecule has 1 aliphatic heterocycles. The first-order valence-corrected chi connectivity index (χ1v) is 8.36. The molecule has 0 aliphatic carbocycles. The van der Waals surface area contributed by atoms with Gasteiger partial charge in [-0.2, -0.15) is 5.10 Å². The maximum absolute atomic E-state index is 12.7. The molecule has 2 heterocycles. The van der Waals surface area contributed by atoms with E-state index < -0.39 is 5.60 Å². The smallest absolute Gasteiger partial charge is 0.410 e. The number of halogens is 1. The van der Waals surface area contributed by atoms with Gasteiger partial charge in [0.1, 0.15) is 11.3 Å². The van der Waals surface area contributed by atoms with Crippen molar-refractivity contribution in [1.82, 2.24) is 19.6 Å². The molecule has 1 aromatic heterocycles. The second kappa shape index (κ2) is 6.51. The van der Waals surface area contributed by atoms with Crippen molar-refractivity contribution in [3.8, 4) is 0 Å². The molecule has 2 rings (SSSR count). The van der Waals surface area contributed by atoms with Crippen LogP contribution in [0, 0.1) is 0 Å². The highest BCUT2D eigenvalue weighted by Crippen LogP contribution is 2.20. The molecule has 0 radical (unpaired) electrons. The Kier molecular flexibility index (Phi) is 5.03. The normalized spacial score (nSPS) is 19.0. The molecule has 0 bridgehead atoms. The van der Waals surface area contributed by atoms with Gasteiger partial charge in [0.05, 0.1) is 10.7 Å². The van der Waals surface area contributed by atoms with Gasteiger partial charge in [-0.25, -0.2) is 4.79 Å². The predicted octanol–water partition coefficient (Wildman–Crippen LogP) is 2.26. The van der Waals surface area contributed by atoms with E-state index in [9.17, 15) is 9.59 Å². The van der Waals surface area contributed by atoms with Crippen LogP contribution < -0.4 is 0 Å². The van der Waals surface area contributed by atoms with Crippen molar-refractivity contribution >= 4 is 27.9 Å². The molecule has 0 N–H and O–H groups in total. The van der Waals surface area contributed by atoms with Crippen LogP contribution in [0.25, 0.3) is 0 Å². The van der Waals surface area contributed by atoms with Crippen molar-refractivity contribution in [2.45, 2.75) is 39.3 Å². The molecule has 0 aromatic carbocycles. The van der Waals surface area contributed by atoms with Gasteiger partial charge in [0, 0.05) is 32.7 Å². The minimum atomic E-state index is -0.524. The standard InChI is InChI=1S/C15H23BrN4O3/c1-10-9-19(13(21)12-11(16)8-17-18(12)5)6-7-20(10)14(22)23-15(2,3)4/h8,10H,6-7,9H2,1-5H3. The average molecular weight is 387 g/mol. The van der Waals surface area contributed by atoms with Crippen LogP contribution >= 0.6 is 15.9 Å². The maximum Gasteiger partial charge on any atom is 0.410 e. The van der Waals surface area contributed by atoms with Gasteiger partial charge >= 0.3 is 6.09 Å². The Hall–Kier alpha value is -1.57. The zero-order chi connectivity index (χ0) is 17.4. The molecule has 0 spiro atoms. The van der Waals surface area contributed by atoms with Crippen molar-refractivity contribution in [3.63, 3.8) is 0 Å². The molecule has 0 saturated carbocycles. The van der Waals surface area contributed by atoms with E-state index in [1.165, 1.54) is 0 Å². The molecule has 128 valence electrons. The lowest BCUT2D eigenvalue weighted by atomic mass is 10.2. The predicted molar refractivity (Wildman–Crippen MR) is 89.2 cm³/mol. The fraction of sp³-hybridized carbons (Fsp3) is 0.667. The van der Waals surface area contributed by atoms with Gasteiger partial charge in [-0.05, 0) is 43.6 Å². The lowest BCUT2D eigenvalue weighted by molar-refractivity contribution is 0.00180. The lowest BCUT2D eigenvalue weighted by Crippen LogP contribution is -2.56. The molecular weight excluding hydrogens is 364 g/mol. The van der Waals surface area contributed by atoms with Gasteiger partial charge in [-0.15, -0.1) is 0 Å². The minimum Gasteiger partial charge on any atom is -0.444 e. The van der Waals surface area contributed by atoms with Crippen molar-refractivity contribution in [3.05, 3.63) is 16.4 Å². The summed E-state index contributed by atoms with van der Waals surface area (Å²) in [5.41, 5.74) is -0.00788. The minimum absolute atomic E-state index is 0.0902. The van der Waals surface area contributed by atoms with Gasteiger partial charge in [0.2, 0.25) is 0 Å². The van der Waals surface area contributed by atoms with Gasteiger partial charge in [0.15, 0.2) is 0 Å². The molecular formula is C15H23BrN4O3. The summed E-state index contributed by atoms with van der Waals surface area (Å²) in [5, 5.41) is 4.07. The Morgan fingerprint density at radius 2 is 2.00 bits per heavy atom. The summed E-state index contributed by atoms with van der Waals surface area (Å²) in [7, 11) is 1.73. The third kappa shape index (κ3) is 4.04. The molecule has 1 unspecified atom stereocenters. The number of ether oxygens (including phenoxy) is 1. The number of aromatic nitrogens is 2. The van der Waals surface area contributed by atoms with E-state index in [1.807, 2.05) is 27.7 Å². The molecule has 2 amide bonds. The summed E-state index contributed by atoms with van der Waals surface area (Å²) in [6.45, 7) is 8.84. The number of hydrogen-bond donors (Lipinski definition) is 0. The molecule has 1 aromatic rings. The largest absolute Gasteiger partial charge is 0.444 e. The lowest BCUT2D eigenvalue weighted by Gasteiger charge is -2.40. The zero-order valence-corrected chi connectivity index (χ0v) is 15.8. The van der Waals surface area contributed by atoms with E-state index >= 15 is 0 Å². The summed E-state index contributed by atoms with van der Waals surface area (Å²) in [6, 6.07) is -0.102. The number of hydrogen-bond acceptors (Lipinski definition) is 4. The summed E-state index contributed by atoms with van der Waals surface area (Å²) >= 11 is 3.35. The molecule has 23 heavy (non-hydrogen) atoms. The van der Waals surface area contributed by atoms with Crippen LogP contribution in [0.15, 0.2) is 10.7 Å². The number of carbonyl (C=O) groups is 2. The zero-order valence-electron chi connectivity index (χ0n) is 14.2. The highest BCUT2D eigenvalue weighted by atomic mass is 79.9. The first-order valence-electron chi connectivity index (χ1n) is 7.56. The molecule has 7 nitrogen and oxygen atoms in total. The Morgan fingerprint density at radius 1 is 1.35 bits per heavy atom. The summed E-state index contributed by atoms with van der Waals surface area (Å²) in [6.07, 6.45) is 1.27. The van der Waals surface area contributed by atoms with E-state index in [4.69, 9.17) is 4.74 Å². The van der Waals surface area contributed by atoms with Crippen LogP contribution in [0.1, 0.15) is 38.2 Å². The Morgan fingerprint density at radius 3 is 2.48 bits per heavy atom. The second-order valence-corrected chi connectivity index (χ2v) is 7.59. The second-order valence-electron chi connectivity index (χ2n) is 6.74. The number of rotatable bonds is 1. The van der Waals surface area contributed by atoms with Crippen molar-refractivity contribution < 1.29 is 14.3 Å². The number of amides is 2. The van der Waals surface area contributed by atoms with Gasteiger partial charge < -0.3 is 14.5 Å². The van der Waals surface area contributed by atoms with Crippen molar-refractivity contribution in [2.24, 2.45) is 7.05 Å². The summed E-state index contributed by atoms with van der Waals surface area (Å²) < 4.78 is 7.64. The van der Waals surface area contributed by atoms with Gasteiger partial charge in [-0.1, -0.05) is 0 Å². The maximum atomic E-state index is 12.7. The van der Waals surface area contributed by atoms with Crippen LogP contribution in [0.5, 0.6) is 0 Å². The SMILES string of the molecule is CC1CN(C(=O)c2c(Br)cnn2C)CCN1C(=O)OC(C)(C)C. The average Bonchev–Trinajstić information content (AvgIpc) is 2.75. The summed E-state index contributed by atoms with van der Waals surface area (Å²) in [5.74, 6) is -0.0902. The van der Waals surface area contributed by atoms with Crippen molar-refractivity contribution in [2.75, 3.05) is 19.6 Å². The molecule has 1 saturated heterocycles. The first-order chi connectivity index (χ1) is 10.6. The number of nitrogens with zero attached hydrogens (tertiary/aromatic N) is 4. The van der Waals surface area contributed by atoms with E-state index in [-0.39, 0.29) is 18.0 Å². The van der Waals surface area contributed by atoms with Crippen LogP contribution in [-0.4, -0.2) is 62.9 Å². The van der Waals surface area contributed by atoms with Crippen LogP contribution in [0.4, 0.5) is 4.79 Å². The third-order valence-electron chi connectivity index (χ3n) is 3.64. The van der Waals surface area contributed by atoms with Crippen LogP contribution in [0.2, 0.25) is 0 Å². The van der Waals surface area contributed by atoms with E-state index in [1.54, 1.807) is 27.7 Å². The Labute approximate surface area is 144 Å². The highest BCUT2D eigenvalue weighted by molar-refractivity contribution is 9.10. The highest BCUT2D eigenvalue weighted by Gasteiger charge is 2.34. The molecule has 8 heteroatoms. The Bertz CT molecular complexity index is 589. The van der Waals surface area contributed by atoms with E-state index in [0.717, 1.165) is 0 Å². The monoisotopic (exact) mass is 386 g/mol. The molecule has 1 atom stereocenters. The van der Waals surface area contributed by atoms with E-state index in [2.05, 4.69) is 21.0 Å². The number of carbonyl (C=O) groups excluding carboxylic acids is 2. The van der Waals surface area contributed by atoms with Gasteiger partial charge in [-0.3, -0.25) is 9.48 Å². The molecule has 1 fully saturated rings. The first kappa shape index (κ1) is 17.8. The number of piperazine rings is 1. The fourth-order valence-corrected chi connectivity index (χ4v) is 3.05. The fourth-order valence-electron chi connectivity index (χ4n) is 2.53. The van der Waals surface area contributed by atoms with Crippen molar-refractivity contribution in [1.29, 1.82) is 0 Å². The van der Waals surface area contributed by atoms with Gasteiger partial charge in [0.25, 0.3) is 5.91 Å². The quantitative estimate of drug-likeness (QED) is 0.742. The van der Waals surface area contributed by atoms with Crippen LogP contribution in [-0.2, 0) is 11.8 Å². The Balaban J connectivity index is 2.04.